The van der Waals surface area contributed by atoms with Crippen LogP contribution in [0.2, 0.25) is 0 Å². The average Bonchev–Trinajstić information content (AvgIpc) is 2.74. The molecular weight excluding hydrogens is 393 g/mol. The molecule has 8 heteroatoms. The minimum Gasteiger partial charge on any atom is -0.335 e. The van der Waals surface area contributed by atoms with E-state index in [-0.39, 0.29) is 10.8 Å². The Kier molecular flexibility index (Phi) is 6.22. The van der Waals surface area contributed by atoms with E-state index >= 15 is 0 Å². The summed E-state index contributed by atoms with van der Waals surface area (Å²) in [6, 6.07) is 5.91. The molecule has 1 N–H and O–H groups in total. The van der Waals surface area contributed by atoms with Gasteiger partial charge in [-0.2, -0.15) is 4.31 Å². The number of fused-ring (bicyclic) bond motifs is 1. The number of quaternary nitrogens is 1. The molecule has 0 spiro atoms. The van der Waals surface area contributed by atoms with Gasteiger partial charge in [0.15, 0.2) is 6.54 Å². The fourth-order valence-corrected chi connectivity index (χ4v) is 6.77. The van der Waals surface area contributed by atoms with Gasteiger partial charge in [-0.1, -0.05) is 25.0 Å². The van der Waals surface area contributed by atoms with Gasteiger partial charge in [-0.25, -0.2) is 12.8 Å². The number of carbonyl (C=O) groups is 1. The maximum absolute atomic E-state index is 14.0. The number of piperazine rings is 1. The number of carbonyl (C=O) groups excluding carboxylic acids is 1. The van der Waals surface area contributed by atoms with Crippen LogP contribution in [0.25, 0.3) is 0 Å². The van der Waals surface area contributed by atoms with E-state index in [0.717, 1.165) is 24.3 Å². The van der Waals surface area contributed by atoms with Crippen LogP contribution in [-0.4, -0.2) is 68.8 Å². The molecule has 6 nitrogen and oxygen atoms in total. The number of nitrogens with one attached hydrogen (secondary N) is 1. The van der Waals surface area contributed by atoms with Crippen molar-refractivity contribution < 1.29 is 22.5 Å². The molecule has 1 aromatic carbocycles. The molecule has 2 heterocycles. The Labute approximate surface area is 172 Å². The van der Waals surface area contributed by atoms with Crippen molar-refractivity contribution in [3.05, 3.63) is 30.1 Å². The molecule has 1 saturated carbocycles. The molecule has 3 aliphatic rings. The molecule has 0 radical (unpaired) electrons. The topological polar surface area (TPSA) is 62.1 Å². The zero-order valence-corrected chi connectivity index (χ0v) is 17.7. The largest absolute Gasteiger partial charge is 0.335 e. The quantitative estimate of drug-likeness (QED) is 0.781. The number of hydrogen-bond donors (Lipinski definition) is 1. The van der Waals surface area contributed by atoms with Crippen molar-refractivity contribution in [3.63, 3.8) is 0 Å². The fourth-order valence-electron chi connectivity index (χ4n) is 5.26. The minimum atomic E-state index is -3.83. The first-order valence-corrected chi connectivity index (χ1v) is 12.3. The second-order valence-electron chi connectivity index (χ2n) is 8.60. The lowest BCUT2D eigenvalue weighted by atomic mass is 9.78. The highest BCUT2D eigenvalue weighted by molar-refractivity contribution is 7.89. The number of amides is 1. The molecule has 0 unspecified atom stereocenters. The Morgan fingerprint density at radius 2 is 1.72 bits per heavy atom. The second kappa shape index (κ2) is 8.70. The van der Waals surface area contributed by atoms with Crippen molar-refractivity contribution in [3.8, 4) is 0 Å². The molecule has 1 amide bonds. The molecule has 2 saturated heterocycles. The third-order valence-electron chi connectivity index (χ3n) is 6.85. The smallest absolute Gasteiger partial charge is 0.278 e. The van der Waals surface area contributed by atoms with Gasteiger partial charge in [0.25, 0.3) is 5.91 Å². The third-order valence-corrected chi connectivity index (χ3v) is 8.78. The number of hydrogen-bond acceptors (Lipinski definition) is 3. The van der Waals surface area contributed by atoms with Gasteiger partial charge >= 0.3 is 0 Å². The van der Waals surface area contributed by atoms with E-state index in [4.69, 9.17) is 0 Å². The molecule has 2 atom stereocenters. The lowest BCUT2D eigenvalue weighted by molar-refractivity contribution is -0.896. The number of piperidine rings is 1. The Morgan fingerprint density at radius 3 is 2.48 bits per heavy atom. The predicted octanol–water partition coefficient (Wildman–Crippen LogP) is 0.896. The molecule has 3 fully saturated rings. The summed E-state index contributed by atoms with van der Waals surface area (Å²) in [5, 5.41) is 0. The first kappa shape index (κ1) is 20.8. The number of rotatable bonds is 4. The number of benzene rings is 1. The number of likely N-dealkylation sites (tertiary alicyclic amines) is 1. The number of halogens is 1. The second-order valence-corrected chi connectivity index (χ2v) is 10.5. The van der Waals surface area contributed by atoms with Gasteiger partial charge in [0.2, 0.25) is 10.0 Å². The van der Waals surface area contributed by atoms with E-state index < -0.39 is 15.8 Å². The first-order valence-electron chi connectivity index (χ1n) is 10.8. The van der Waals surface area contributed by atoms with Crippen molar-refractivity contribution in [2.75, 3.05) is 39.3 Å². The molecule has 0 aromatic heterocycles. The molecule has 29 heavy (non-hydrogen) atoms. The molecule has 0 bridgehead atoms. The summed E-state index contributed by atoms with van der Waals surface area (Å²) < 4.78 is 40.8. The monoisotopic (exact) mass is 424 g/mol. The van der Waals surface area contributed by atoms with Crippen molar-refractivity contribution in [2.24, 2.45) is 5.92 Å². The highest BCUT2D eigenvalue weighted by Crippen LogP contribution is 2.35. The molecule has 1 aliphatic carbocycles. The maximum atomic E-state index is 14.0. The Morgan fingerprint density at radius 1 is 1.03 bits per heavy atom. The number of sulfonamides is 1. The van der Waals surface area contributed by atoms with Crippen LogP contribution >= 0.6 is 0 Å². The highest BCUT2D eigenvalue weighted by Gasteiger charge is 2.38. The van der Waals surface area contributed by atoms with Crippen LogP contribution < -0.4 is 4.90 Å². The molecule has 160 valence electrons. The number of nitrogens with zero attached hydrogens (tertiary/aromatic N) is 2. The summed E-state index contributed by atoms with van der Waals surface area (Å²) in [5.74, 6) is 0.158. The zero-order valence-electron chi connectivity index (χ0n) is 16.9. The summed E-state index contributed by atoms with van der Waals surface area (Å²) >= 11 is 0. The summed E-state index contributed by atoms with van der Waals surface area (Å²) in [6.45, 7) is 3.05. The summed E-state index contributed by atoms with van der Waals surface area (Å²) in [6.07, 6.45) is 7.20. The van der Waals surface area contributed by atoms with E-state index in [9.17, 15) is 17.6 Å². The van der Waals surface area contributed by atoms with Crippen molar-refractivity contribution in [2.45, 2.75) is 49.5 Å². The van der Waals surface area contributed by atoms with E-state index in [1.807, 2.05) is 0 Å². The van der Waals surface area contributed by atoms with Crippen molar-refractivity contribution in [1.82, 2.24) is 9.21 Å². The highest BCUT2D eigenvalue weighted by atomic mass is 32.2. The van der Waals surface area contributed by atoms with Gasteiger partial charge in [-0.05, 0) is 43.7 Å². The van der Waals surface area contributed by atoms with Gasteiger partial charge in [0, 0.05) is 12.6 Å². The molecule has 4 rings (SSSR count). The average molecular weight is 425 g/mol. The van der Waals surface area contributed by atoms with Crippen LogP contribution in [0.5, 0.6) is 0 Å². The zero-order chi connectivity index (χ0) is 20.4. The summed E-state index contributed by atoms with van der Waals surface area (Å²) in [4.78, 5) is 16.0. The lowest BCUT2D eigenvalue weighted by Gasteiger charge is -2.44. The minimum absolute atomic E-state index is 0.210. The van der Waals surface area contributed by atoms with Crippen molar-refractivity contribution >= 4 is 15.9 Å². The standard InChI is InChI=1S/C21H30FN3O3S/c22-18-8-2-4-10-20(18)29(27,28)24-14-12-23(13-15-24)16-21(26)25-11-5-7-17-6-1-3-9-19(17)25/h2,4,8,10,17,19H,1,3,5-7,9,11-16H2/p+1/t17-,19-/m1/s1. The van der Waals surface area contributed by atoms with Gasteiger partial charge in [-0.3, -0.25) is 4.79 Å². The Balaban J connectivity index is 1.34. The van der Waals surface area contributed by atoms with E-state index in [1.54, 1.807) is 0 Å². The van der Waals surface area contributed by atoms with Crippen LogP contribution in [0, 0.1) is 11.7 Å². The Bertz CT molecular complexity index is 837. The van der Waals surface area contributed by atoms with E-state index in [2.05, 4.69) is 4.90 Å². The van der Waals surface area contributed by atoms with Gasteiger partial charge in [0.1, 0.15) is 10.7 Å². The van der Waals surface area contributed by atoms with E-state index in [0.29, 0.717) is 44.7 Å². The molecular formula is C21H31FN3O3S+. The SMILES string of the molecule is O=C(C[NH+]1CCN(S(=O)(=O)c2ccccc2F)CC1)N1CCC[C@H]2CCCC[C@H]21. The van der Waals surface area contributed by atoms with Crippen LogP contribution in [-0.2, 0) is 14.8 Å². The van der Waals surface area contributed by atoms with Crippen LogP contribution in [0.4, 0.5) is 4.39 Å². The van der Waals surface area contributed by atoms with Gasteiger partial charge in [-0.15, -0.1) is 0 Å². The first-order chi connectivity index (χ1) is 14.0. The van der Waals surface area contributed by atoms with Crippen LogP contribution in [0.15, 0.2) is 29.2 Å². The molecule has 2 aliphatic heterocycles. The fraction of sp³-hybridized carbons (Fsp3) is 0.667. The lowest BCUT2D eigenvalue weighted by Crippen LogP contribution is -3.15. The van der Waals surface area contributed by atoms with Crippen LogP contribution in [0.1, 0.15) is 38.5 Å². The summed E-state index contributed by atoms with van der Waals surface area (Å²) in [5.41, 5.74) is 0. The normalized spacial score (nSPS) is 26.9. The predicted molar refractivity (Wildman–Crippen MR) is 107 cm³/mol. The molecule has 1 aromatic rings. The summed E-state index contributed by atoms with van der Waals surface area (Å²) in [7, 11) is -3.83. The van der Waals surface area contributed by atoms with E-state index in [1.165, 1.54) is 54.3 Å². The third kappa shape index (κ3) is 4.34. The Hall–Kier alpha value is -1.51. The van der Waals surface area contributed by atoms with Crippen LogP contribution in [0.3, 0.4) is 0 Å². The van der Waals surface area contributed by atoms with Gasteiger partial charge < -0.3 is 9.80 Å². The van der Waals surface area contributed by atoms with Gasteiger partial charge in [0.05, 0.1) is 26.2 Å². The van der Waals surface area contributed by atoms with Crippen molar-refractivity contribution in [1.29, 1.82) is 0 Å². The maximum Gasteiger partial charge on any atom is 0.278 e.